The maximum Gasteiger partial charge on any atom is 0.316 e. The fraction of sp³-hybridized carbons (Fsp3) is 0.632. The normalized spacial score (nSPS) is 20.5. The first-order valence-electron chi connectivity index (χ1n) is 9.35. The van der Waals surface area contributed by atoms with Crippen molar-refractivity contribution in [2.75, 3.05) is 12.9 Å². The van der Waals surface area contributed by atoms with Crippen molar-refractivity contribution in [3.05, 3.63) is 20.8 Å². The van der Waals surface area contributed by atoms with Crippen molar-refractivity contribution in [3.63, 3.8) is 0 Å². The fourth-order valence-electron chi connectivity index (χ4n) is 4.15. The number of esters is 1. The molecule has 4 rings (SSSR count). The lowest BCUT2D eigenvalue weighted by molar-refractivity contribution is -0.137. The Morgan fingerprint density at radius 1 is 1.35 bits per heavy atom. The molecule has 0 N–H and O–H groups in total. The molecule has 0 spiro atoms. The Morgan fingerprint density at radius 3 is 2.85 bits per heavy atom. The van der Waals surface area contributed by atoms with Gasteiger partial charge in [-0.15, -0.1) is 11.3 Å². The second-order valence-corrected chi connectivity index (χ2v) is 9.43. The smallest absolute Gasteiger partial charge is 0.316 e. The van der Waals surface area contributed by atoms with E-state index in [1.54, 1.807) is 11.3 Å². The molecule has 7 heteroatoms. The number of thiophene rings is 1. The molecule has 1 atom stereocenters. The number of aromatic nitrogens is 2. The monoisotopic (exact) mass is 392 g/mol. The van der Waals surface area contributed by atoms with Gasteiger partial charge in [0.25, 0.3) is 5.56 Å². The van der Waals surface area contributed by atoms with Crippen LogP contribution >= 0.6 is 23.1 Å². The number of carbonyl (C=O) groups is 1. The third-order valence-corrected chi connectivity index (χ3v) is 7.64. The summed E-state index contributed by atoms with van der Waals surface area (Å²) in [6.45, 7) is 2.27. The van der Waals surface area contributed by atoms with Gasteiger partial charge in [-0.1, -0.05) is 31.5 Å². The molecule has 0 saturated heterocycles. The minimum atomic E-state index is -0.290. The Morgan fingerprint density at radius 2 is 2.12 bits per heavy atom. The molecule has 2 heterocycles. The highest BCUT2D eigenvalue weighted by atomic mass is 32.2. The van der Waals surface area contributed by atoms with E-state index in [0.717, 1.165) is 55.2 Å². The molecule has 1 fully saturated rings. The molecule has 0 amide bonds. The number of nitrogens with zero attached hydrogens (tertiary/aromatic N) is 2. The van der Waals surface area contributed by atoms with Gasteiger partial charge in [-0.3, -0.25) is 14.2 Å². The molecular formula is C19H24N2O3S2. The summed E-state index contributed by atoms with van der Waals surface area (Å²) in [6, 6.07) is 0.206. The zero-order valence-electron chi connectivity index (χ0n) is 15.2. The molecule has 2 aliphatic carbocycles. The number of hydrogen-bond donors (Lipinski definition) is 0. The summed E-state index contributed by atoms with van der Waals surface area (Å²) in [5.41, 5.74) is 1.33. The Labute approximate surface area is 161 Å². The van der Waals surface area contributed by atoms with Crippen LogP contribution in [0, 0.1) is 5.92 Å². The second-order valence-electron chi connectivity index (χ2n) is 7.40. The van der Waals surface area contributed by atoms with E-state index in [-0.39, 0.29) is 23.3 Å². The standard InChI is InChI=1S/C19H24N2O3S2/c1-11-7-8-13-14(9-11)26-17-16(13)18(23)21(12-5-3-4-6-12)19(20-17)25-10-15(22)24-2/h11-12H,3-10H2,1-2H3. The van der Waals surface area contributed by atoms with Crippen LogP contribution < -0.4 is 5.56 Å². The highest BCUT2D eigenvalue weighted by Crippen LogP contribution is 2.38. The van der Waals surface area contributed by atoms with Crippen LogP contribution in [-0.4, -0.2) is 28.4 Å². The number of fused-ring (bicyclic) bond motifs is 3. The number of rotatable bonds is 4. The summed E-state index contributed by atoms with van der Waals surface area (Å²) in [5.74, 6) is 0.561. The molecule has 0 bridgehead atoms. The molecule has 140 valence electrons. The number of methoxy groups -OCH3 is 1. The lowest BCUT2D eigenvalue weighted by atomic mass is 9.89. The number of hydrogen-bond acceptors (Lipinski definition) is 6. The average Bonchev–Trinajstić information content (AvgIpc) is 3.26. The molecule has 2 aromatic rings. The Hall–Kier alpha value is -1.34. The Bertz CT molecular complexity index is 896. The van der Waals surface area contributed by atoms with E-state index in [1.807, 2.05) is 4.57 Å². The second kappa shape index (κ2) is 7.35. The fourth-order valence-corrected chi connectivity index (χ4v) is 6.48. The highest BCUT2D eigenvalue weighted by molar-refractivity contribution is 7.99. The van der Waals surface area contributed by atoms with E-state index in [1.165, 1.54) is 29.3 Å². The molecule has 2 aliphatic rings. The summed E-state index contributed by atoms with van der Waals surface area (Å²) in [5, 5.41) is 1.51. The van der Waals surface area contributed by atoms with Crippen molar-refractivity contribution in [2.24, 2.45) is 5.92 Å². The molecule has 1 saturated carbocycles. The van der Waals surface area contributed by atoms with E-state index in [4.69, 9.17) is 9.72 Å². The average molecular weight is 393 g/mol. The van der Waals surface area contributed by atoms with E-state index in [9.17, 15) is 9.59 Å². The van der Waals surface area contributed by atoms with Gasteiger partial charge in [0, 0.05) is 10.9 Å². The Kier molecular flexibility index (Phi) is 5.10. The molecule has 2 aromatic heterocycles. The molecule has 1 unspecified atom stereocenters. The summed E-state index contributed by atoms with van der Waals surface area (Å²) < 4.78 is 6.64. The van der Waals surface area contributed by atoms with Crippen molar-refractivity contribution in [3.8, 4) is 0 Å². The van der Waals surface area contributed by atoms with Gasteiger partial charge in [0.2, 0.25) is 0 Å². The van der Waals surface area contributed by atoms with Gasteiger partial charge in [0.1, 0.15) is 4.83 Å². The van der Waals surface area contributed by atoms with Crippen LogP contribution in [0.2, 0.25) is 0 Å². The molecule has 0 aromatic carbocycles. The van der Waals surface area contributed by atoms with Crippen LogP contribution in [0.25, 0.3) is 10.2 Å². The van der Waals surface area contributed by atoms with Crippen LogP contribution in [-0.2, 0) is 22.4 Å². The largest absolute Gasteiger partial charge is 0.468 e. The SMILES string of the molecule is COC(=O)CSc1nc2sc3c(c2c(=O)n1C1CCCC1)CCC(C)C3. The summed E-state index contributed by atoms with van der Waals surface area (Å²) in [7, 11) is 1.39. The van der Waals surface area contributed by atoms with E-state index in [0.29, 0.717) is 11.1 Å². The number of thioether (sulfide) groups is 1. The number of ether oxygens (including phenoxy) is 1. The van der Waals surface area contributed by atoms with Crippen LogP contribution in [0.5, 0.6) is 0 Å². The zero-order chi connectivity index (χ0) is 18.3. The lowest BCUT2D eigenvalue weighted by Gasteiger charge is -2.19. The van der Waals surface area contributed by atoms with Crippen LogP contribution in [0.4, 0.5) is 0 Å². The first kappa shape index (κ1) is 18.0. The highest BCUT2D eigenvalue weighted by Gasteiger charge is 2.28. The minimum absolute atomic E-state index is 0.0984. The van der Waals surface area contributed by atoms with Crippen molar-refractivity contribution < 1.29 is 9.53 Å². The molecule has 26 heavy (non-hydrogen) atoms. The van der Waals surface area contributed by atoms with Gasteiger partial charge in [-0.2, -0.15) is 0 Å². The molecule has 5 nitrogen and oxygen atoms in total. The topological polar surface area (TPSA) is 61.2 Å². The van der Waals surface area contributed by atoms with E-state index < -0.39 is 0 Å². The van der Waals surface area contributed by atoms with Crippen molar-refractivity contribution in [1.82, 2.24) is 9.55 Å². The van der Waals surface area contributed by atoms with Gasteiger partial charge in [0.05, 0.1) is 18.2 Å². The van der Waals surface area contributed by atoms with Crippen molar-refractivity contribution >= 4 is 39.3 Å². The van der Waals surface area contributed by atoms with Crippen LogP contribution in [0.15, 0.2) is 9.95 Å². The summed E-state index contributed by atoms with van der Waals surface area (Å²) in [4.78, 5) is 32.1. The Balaban J connectivity index is 1.84. The first-order valence-corrected chi connectivity index (χ1v) is 11.1. The molecular weight excluding hydrogens is 368 g/mol. The predicted octanol–water partition coefficient (Wildman–Crippen LogP) is 3.96. The predicted molar refractivity (Wildman–Crippen MR) is 105 cm³/mol. The van der Waals surface area contributed by atoms with Crippen molar-refractivity contribution in [2.45, 2.75) is 63.1 Å². The summed E-state index contributed by atoms with van der Waals surface area (Å²) in [6.07, 6.45) is 7.49. The van der Waals surface area contributed by atoms with Crippen molar-refractivity contribution in [1.29, 1.82) is 0 Å². The summed E-state index contributed by atoms with van der Waals surface area (Å²) >= 11 is 3.00. The van der Waals surface area contributed by atoms with Gasteiger partial charge < -0.3 is 4.74 Å². The van der Waals surface area contributed by atoms with Crippen LogP contribution in [0.1, 0.15) is 55.5 Å². The van der Waals surface area contributed by atoms with Gasteiger partial charge in [-0.25, -0.2) is 4.98 Å². The van der Waals surface area contributed by atoms with Gasteiger partial charge >= 0.3 is 5.97 Å². The lowest BCUT2D eigenvalue weighted by Crippen LogP contribution is -2.27. The third kappa shape index (κ3) is 3.20. The minimum Gasteiger partial charge on any atom is -0.468 e. The van der Waals surface area contributed by atoms with Gasteiger partial charge in [-0.05, 0) is 43.6 Å². The molecule has 0 aliphatic heterocycles. The van der Waals surface area contributed by atoms with Gasteiger partial charge in [0.15, 0.2) is 5.16 Å². The van der Waals surface area contributed by atoms with Crippen LogP contribution in [0.3, 0.4) is 0 Å². The maximum atomic E-state index is 13.5. The molecule has 0 radical (unpaired) electrons. The number of carbonyl (C=O) groups excluding carboxylic acids is 1. The quantitative estimate of drug-likeness (QED) is 0.448. The first-order chi connectivity index (χ1) is 12.6. The third-order valence-electron chi connectivity index (χ3n) is 5.57. The number of aryl methyl sites for hydroxylation is 1. The van der Waals surface area contributed by atoms with E-state index >= 15 is 0 Å². The zero-order valence-corrected chi connectivity index (χ0v) is 16.9. The maximum absolute atomic E-state index is 13.5. The van der Waals surface area contributed by atoms with E-state index in [2.05, 4.69) is 6.92 Å².